The summed E-state index contributed by atoms with van der Waals surface area (Å²) in [5.41, 5.74) is 2.48. The van der Waals surface area contributed by atoms with Crippen molar-refractivity contribution >= 4 is 39.1 Å². The number of benzene rings is 1. The standard InChI is InChI=1S/C21H22BrClN4O/c22-19-14-24-20-6-4-5-17(27(19)20)21(28)25-13-18(26-11-2-1-3-12-26)15-7-9-16(23)10-8-15/h4-10,14,18H,1-3,11-13H2,(H,25,28). The van der Waals surface area contributed by atoms with Gasteiger partial charge in [-0.1, -0.05) is 36.2 Å². The second-order valence-electron chi connectivity index (χ2n) is 7.06. The minimum Gasteiger partial charge on any atom is -0.349 e. The normalized spacial score (nSPS) is 16.2. The zero-order valence-corrected chi connectivity index (χ0v) is 17.8. The Balaban J connectivity index is 1.55. The van der Waals surface area contributed by atoms with Crippen LogP contribution in [0.1, 0.15) is 41.4 Å². The van der Waals surface area contributed by atoms with Crippen LogP contribution in [0, 0.1) is 0 Å². The van der Waals surface area contributed by atoms with E-state index < -0.39 is 0 Å². The Morgan fingerprint density at radius 2 is 1.89 bits per heavy atom. The van der Waals surface area contributed by atoms with Gasteiger partial charge < -0.3 is 5.32 Å². The maximum absolute atomic E-state index is 13.0. The van der Waals surface area contributed by atoms with E-state index >= 15 is 0 Å². The Bertz CT molecular complexity index is 966. The van der Waals surface area contributed by atoms with Crippen LogP contribution in [0.4, 0.5) is 0 Å². The first-order valence-electron chi connectivity index (χ1n) is 9.53. The summed E-state index contributed by atoms with van der Waals surface area (Å²) in [4.78, 5) is 19.7. The molecule has 1 aliphatic rings. The SMILES string of the molecule is O=C(NCC(c1ccc(Cl)cc1)N1CCCCC1)c1cccc2ncc(Br)n12. The molecule has 0 saturated carbocycles. The topological polar surface area (TPSA) is 49.6 Å². The minimum absolute atomic E-state index is 0.111. The fourth-order valence-corrected chi connectivity index (χ4v) is 4.43. The molecule has 1 atom stereocenters. The van der Waals surface area contributed by atoms with Crippen LogP contribution in [0.3, 0.4) is 0 Å². The van der Waals surface area contributed by atoms with Crippen LogP contribution in [0.15, 0.2) is 53.3 Å². The zero-order valence-electron chi connectivity index (χ0n) is 15.4. The average molecular weight is 462 g/mol. The molecule has 28 heavy (non-hydrogen) atoms. The number of carbonyl (C=O) groups is 1. The van der Waals surface area contributed by atoms with Crippen molar-refractivity contribution in [3.05, 3.63) is 69.5 Å². The predicted octanol–water partition coefficient (Wildman–Crippen LogP) is 4.71. The van der Waals surface area contributed by atoms with Crippen LogP contribution in [0.25, 0.3) is 5.65 Å². The van der Waals surface area contributed by atoms with E-state index in [9.17, 15) is 4.79 Å². The molecule has 146 valence electrons. The van der Waals surface area contributed by atoms with Gasteiger partial charge in [-0.2, -0.15) is 0 Å². The highest BCUT2D eigenvalue weighted by atomic mass is 79.9. The number of pyridine rings is 1. The number of likely N-dealkylation sites (tertiary alicyclic amines) is 1. The van der Waals surface area contributed by atoms with Crippen molar-refractivity contribution in [2.45, 2.75) is 25.3 Å². The van der Waals surface area contributed by atoms with E-state index in [2.05, 4.69) is 43.3 Å². The summed E-state index contributed by atoms with van der Waals surface area (Å²) in [6, 6.07) is 13.6. The van der Waals surface area contributed by atoms with Gasteiger partial charge in [0.2, 0.25) is 0 Å². The lowest BCUT2D eigenvalue weighted by Crippen LogP contribution is -2.41. The number of hydrogen-bond donors (Lipinski definition) is 1. The van der Waals surface area contributed by atoms with E-state index in [1.165, 1.54) is 24.8 Å². The fraction of sp³-hybridized carbons (Fsp3) is 0.333. The first kappa shape index (κ1) is 19.4. The van der Waals surface area contributed by atoms with Crippen molar-refractivity contribution < 1.29 is 4.79 Å². The van der Waals surface area contributed by atoms with Gasteiger partial charge in [-0.15, -0.1) is 0 Å². The molecule has 3 aromatic rings. The van der Waals surface area contributed by atoms with Crippen LogP contribution >= 0.6 is 27.5 Å². The van der Waals surface area contributed by atoms with Gasteiger partial charge in [0.05, 0.1) is 12.2 Å². The van der Waals surface area contributed by atoms with Gasteiger partial charge in [0.15, 0.2) is 0 Å². The molecule has 1 saturated heterocycles. The van der Waals surface area contributed by atoms with Crippen molar-refractivity contribution in [2.75, 3.05) is 19.6 Å². The van der Waals surface area contributed by atoms with Crippen molar-refractivity contribution in [3.63, 3.8) is 0 Å². The first-order valence-corrected chi connectivity index (χ1v) is 10.7. The predicted molar refractivity (Wildman–Crippen MR) is 115 cm³/mol. The number of amides is 1. The molecule has 0 bridgehead atoms. The van der Waals surface area contributed by atoms with Gasteiger partial charge >= 0.3 is 0 Å². The van der Waals surface area contributed by atoms with Crippen molar-refractivity contribution in [1.29, 1.82) is 0 Å². The smallest absolute Gasteiger partial charge is 0.268 e. The lowest BCUT2D eigenvalue weighted by molar-refractivity contribution is 0.0918. The van der Waals surface area contributed by atoms with Crippen molar-refractivity contribution in [1.82, 2.24) is 19.6 Å². The number of carbonyl (C=O) groups excluding carboxylic acids is 1. The molecule has 0 spiro atoms. The summed E-state index contributed by atoms with van der Waals surface area (Å²) < 4.78 is 2.58. The minimum atomic E-state index is -0.111. The summed E-state index contributed by atoms with van der Waals surface area (Å²) in [5, 5.41) is 3.86. The number of aromatic nitrogens is 2. The summed E-state index contributed by atoms with van der Waals surface area (Å²) in [6.07, 6.45) is 5.36. The van der Waals surface area contributed by atoms with Gasteiger partial charge in [-0.25, -0.2) is 4.98 Å². The van der Waals surface area contributed by atoms with Crippen molar-refractivity contribution in [3.8, 4) is 0 Å². The van der Waals surface area contributed by atoms with Crippen LogP contribution < -0.4 is 5.32 Å². The number of hydrogen-bond acceptors (Lipinski definition) is 3. The number of nitrogens with one attached hydrogen (secondary N) is 1. The van der Waals surface area contributed by atoms with Crippen LogP contribution in [0.2, 0.25) is 5.02 Å². The van der Waals surface area contributed by atoms with E-state index in [0.717, 1.165) is 28.4 Å². The molecular formula is C21H22BrClN4O. The molecule has 1 aliphatic heterocycles. The highest BCUT2D eigenvalue weighted by Crippen LogP contribution is 2.25. The Morgan fingerprint density at radius 3 is 2.64 bits per heavy atom. The maximum atomic E-state index is 13.0. The van der Waals surface area contributed by atoms with Crippen molar-refractivity contribution in [2.24, 2.45) is 0 Å². The summed E-state index contributed by atoms with van der Waals surface area (Å²) in [6.45, 7) is 2.64. The second-order valence-corrected chi connectivity index (χ2v) is 8.31. The van der Waals surface area contributed by atoms with E-state index in [1.54, 1.807) is 6.20 Å². The molecular weight excluding hydrogens is 440 g/mol. The third-order valence-corrected chi connectivity index (χ3v) is 6.07. The maximum Gasteiger partial charge on any atom is 0.268 e. The van der Waals surface area contributed by atoms with Gasteiger partial charge in [-0.05, 0) is 71.7 Å². The lowest BCUT2D eigenvalue weighted by Gasteiger charge is -2.35. The van der Waals surface area contributed by atoms with E-state index in [4.69, 9.17) is 11.6 Å². The molecule has 0 aliphatic carbocycles. The third kappa shape index (κ3) is 4.09. The monoisotopic (exact) mass is 460 g/mol. The Kier molecular flexibility index (Phi) is 5.99. The molecule has 4 rings (SSSR count). The highest BCUT2D eigenvalue weighted by Gasteiger charge is 2.23. The van der Waals surface area contributed by atoms with Gasteiger partial charge in [0.25, 0.3) is 5.91 Å². The Labute approximate surface area is 177 Å². The molecule has 1 fully saturated rings. The number of imidazole rings is 1. The molecule has 1 aromatic carbocycles. The van der Waals surface area contributed by atoms with Crippen LogP contribution in [-0.4, -0.2) is 39.8 Å². The van der Waals surface area contributed by atoms with Crippen LogP contribution in [-0.2, 0) is 0 Å². The number of fused-ring (bicyclic) bond motifs is 1. The lowest BCUT2D eigenvalue weighted by atomic mass is 10.0. The second kappa shape index (κ2) is 8.64. The number of nitrogens with zero attached hydrogens (tertiary/aromatic N) is 3. The molecule has 7 heteroatoms. The molecule has 1 N–H and O–H groups in total. The number of piperidine rings is 1. The zero-order chi connectivity index (χ0) is 19.5. The molecule has 3 heterocycles. The van der Waals surface area contributed by atoms with Gasteiger partial charge in [0, 0.05) is 11.6 Å². The van der Waals surface area contributed by atoms with E-state index in [0.29, 0.717) is 12.2 Å². The van der Waals surface area contributed by atoms with E-state index in [-0.39, 0.29) is 11.9 Å². The molecule has 1 amide bonds. The average Bonchev–Trinajstić information content (AvgIpc) is 3.11. The van der Waals surface area contributed by atoms with E-state index in [1.807, 2.05) is 34.7 Å². The quantitative estimate of drug-likeness (QED) is 0.599. The first-order chi connectivity index (χ1) is 13.6. The third-order valence-electron chi connectivity index (χ3n) is 5.26. The number of halogens is 2. The molecule has 5 nitrogen and oxygen atoms in total. The largest absolute Gasteiger partial charge is 0.349 e. The van der Waals surface area contributed by atoms with Gasteiger partial charge in [0.1, 0.15) is 15.9 Å². The highest BCUT2D eigenvalue weighted by molar-refractivity contribution is 9.10. The molecule has 2 aromatic heterocycles. The Hall–Kier alpha value is -1.89. The summed E-state index contributed by atoms with van der Waals surface area (Å²) in [7, 11) is 0. The summed E-state index contributed by atoms with van der Waals surface area (Å²) >= 11 is 9.54. The van der Waals surface area contributed by atoms with Crippen LogP contribution in [0.5, 0.6) is 0 Å². The van der Waals surface area contributed by atoms with Gasteiger partial charge in [-0.3, -0.25) is 14.1 Å². The summed E-state index contributed by atoms with van der Waals surface area (Å²) in [5.74, 6) is -0.111. The molecule has 0 radical (unpaired) electrons. The number of rotatable bonds is 5. The Morgan fingerprint density at radius 1 is 1.14 bits per heavy atom. The molecule has 1 unspecified atom stereocenters. The fourth-order valence-electron chi connectivity index (χ4n) is 3.83.